The third-order valence-corrected chi connectivity index (χ3v) is 7.52. The predicted molar refractivity (Wildman–Crippen MR) is 107 cm³/mol. The van der Waals surface area contributed by atoms with E-state index in [9.17, 15) is 17.6 Å². The Labute approximate surface area is 170 Å². The average molecular weight is 436 g/mol. The molecule has 1 saturated heterocycles. The van der Waals surface area contributed by atoms with Gasteiger partial charge in [0.15, 0.2) is 15.5 Å². The number of halogens is 1. The van der Waals surface area contributed by atoms with Gasteiger partial charge in [0.05, 0.1) is 34.0 Å². The number of nitrogens with zero attached hydrogens (tertiary/aromatic N) is 4. The summed E-state index contributed by atoms with van der Waals surface area (Å²) in [5.74, 6) is -0.492. The molecular formula is C18H18FN5O3S2. The van der Waals surface area contributed by atoms with Gasteiger partial charge in [0, 0.05) is 6.04 Å². The lowest BCUT2D eigenvalue weighted by Crippen LogP contribution is -2.39. The molecule has 2 atom stereocenters. The molecule has 0 radical (unpaired) electrons. The number of carbonyl (C=O) groups excluding carboxylic acids is 1. The number of hydrogen-bond acceptors (Lipinski definition) is 7. The summed E-state index contributed by atoms with van der Waals surface area (Å²) in [4.78, 5) is 21.0. The molecule has 8 nitrogen and oxygen atoms in total. The van der Waals surface area contributed by atoms with E-state index in [0.717, 1.165) is 0 Å². The van der Waals surface area contributed by atoms with Crippen LogP contribution in [0.15, 0.2) is 41.8 Å². The van der Waals surface area contributed by atoms with Crippen molar-refractivity contribution in [3.05, 3.63) is 42.6 Å². The van der Waals surface area contributed by atoms with Crippen molar-refractivity contribution in [1.82, 2.24) is 25.1 Å². The minimum Gasteiger partial charge on any atom is -0.351 e. The van der Waals surface area contributed by atoms with Crippen molar-refractivity contribution >= 4 is 38.5 Å². The first kappa shape index (κ1) is 19.8. The fraction of sp³-hybridized carbons (Fsp3) is 0.333. The second-order valence-corrected chi connectivity index (χ2v) is 10.4. The Morgan fingerprint density at radius 2 is 2.07 bits per heavy atom. The van der Waals surface area contributed by atoms with Crippen molar-refractivity contribution in [2.45, 2.75) is 29.7 Å². The highest BCUT2D eigenvalue weighted by atomic mass is 32.2. The maximum absolute atomic E-state index is 13.2. The number of nitrogens with one attached hydrogen (secondary N) is 1. The molecule has 29 heavy (non-hydrogen) atoms. The first-order chi connectivity index (χ1) is 13.8. The van der Waals surface area contributed by atoms with Crippen molar-refractivity contribution in [3.63, 3.8) is 0 Å². The SMILES string of the molecule is CC(Sc1ncnc2c1cnn2-c1ccc(F)cc1)C(=O)NC1CCS(=O)(=O)C1. The van der Waals surface area contributed by atoms with E-state index in [1.165, 1.54) is 30.2 Å². The lowest BCUT2D eigenvalue weighted by atomic mass is 10.2. The molecule has 1 aromatic carbocycles. The van der Waals surface area contributed by atoms with Crippen LogP contribution in [0.25, 0.3) is 16.7 Å². The number of amides is 1. The van der Waals surface area contributed by atoms with Gasteiger partial charge in [-0.1, -0.05) is 11.8 Å². The Bertz CT molecular complexity index is 1160. The molecule has 4 rings (SSSR count). The molecule has 152 valence electrons. The minimum atomic E-state index is -3.06. The van der Waals surface area contributed by atoms with Crippen LogP contribution in [0.4, 0.5) is 4.39 Å². The number of benzene rings is 1. The summed E-state index contributed by atoms with van der Waals surface area (Å²) >= 11 is 1.25. The number of sulfone groups is 1. The van der Waals surface area contributed by atoms with E-state index in [0.29, 0.717) is 28.2 Å². The van der Waals surface area contributed by atoms with Crippen molar-refractivity contribution in [2.24, 2.45) is 0 Å². The highest BCUT2D eigenvalue weighted by Crippen LogP contribution is 2.29. The lowest BCUT2D eigenvalue weighted by molar-refractivity contribution is -0.120. The number of thioether (sulfide) groups is 1. The summed E-state index contributed by atoms with van der Waals surface area (Å²) in [7, 11) is -3.06. The van der Waals surface area contributed by atoms with Crippen molar-refractivity contribution in [1.29, 1.82) is 0 Å². The van der Waals surface area contributed by atoms with E-state index >= 15 is 0 Å². The Kier molecular flexibility index (Phi) is 5.26. The summed E-state index contributed by atoms with van der Waals surface area (Å²) in [5.41, 5.74) is 1.20. The monoisotopic (exact) mass is 435 g/mol. The van der Waals surface area contributed by atoms with Gasteiger partial charge in [-0.25, -0.2) is 27.5 Å². The summed E-state index contributed by atoms with van der Waals surface area (Å²) < 4.78 is 37.9. The molecule has 3 heterocycles. The maximum Gasteiger partial charge on any atom is 0.233 e. The van der Waals surface area contributed by atoms with Crippen LogP contribution in [-0.2, 0) is 14.6 Å². The smallest absolute Gasteiger partial charge is 0.233 e. The average Bonchev–Trinajstić information content (AvgIpc) is 3.26. The van der Waals surface area contributed by atoms with Crippen molar-refractivity contribution < 1.29 is 17.6 Å². The number of rotatable bonds is 5. The second-order valence-electron chi connectivity index (χ2n) is 6.82. The molecule has 1 N–H and O–H groups in total. The zero-order valence-corrected chi connectivity index (χ0v) is 17.1. The quantitative estimate of drug-likeness (QED) is 0.480. The van der Waals surface area contributed by atoms with Crippen LogP contribution in [-0.4, -0.2) is 56.9 Å². The molecule has 1 fully saturated rings. The predicted octanol–water partition coefficient (Wildman–Crippen LogP) is 1.74. The van der Waals surface area contributed by atoms with Gasteiger partial charge < -0.3 is 5.32 Å². The number of carbonyl (C=O) groups is 1. The molecule has 3 aromatic rings. The van der Waals surface area contributed by atoms with E-state index < -0.39 is 15.1 Å². The van der Waals surface area contributed by atoms with Gasteiger partial charge in [-0.3, -0.25) is 4.79 Å². The first-order valence-electron chi connectivity index (χ1n) is 8.94. The van der Waals surface area contributed by atoms with Crippen LogP contribution < -0.4 is 5.32 Å². The Hall–Kier alpha value is -2.53. The van der Waals surface area contributed by atoms with E-state index in [-0.39, 0.29) is 29.3 Å². The molecule has 2 aromatic heterocycles. The minimum absolute atomic E-state index is 0.0156. The highest BCUT2D eigenvalue weighted by molar-refractivity contribution is 8.00. The molecule has 0 spiro atoms. The molecule has 0 saturated carbocycles. The summed E-state index contributed by atoms with van der Waals surface area (Å²) in [6.07, 6.45) is 3.43. The molecule has 0 aliphatic carbocycles. The fourth-order valence-electron chi connectivity index (χ4n) is 3.14. The fourth-order valence-corrected chi connectivity index (χ4v) is 5.70. The molecule has 1 aliphatic rings. The molecular weight excluding hydrogens is 417 g/mol. The molecule has 1 amide bonds. The molecule has 11 heteroatoms. The van der Waals surface area contributed by atoms with Crippen LogP contribution in [0.3, 0.4) is 0 Å². The van der Waals surface area contributed by atoms with Gasteiger partial charge in [0.1, 0.15) is 17.2 Å². The Balaban J connectivity index is 1.52. The van der Waals surface area contributed by atoms with E-state index in [4.69, 9.17) is 0 Å². The first-order valence-corrected chi connectivity index (χ1v) is 11.6. The standard InChI is InChI=1S/C18H18FN5O3S2/c1-11(17(25)23-13-6-7-29(26,27)9-13)28-18-15-8-22-24(16(15)20-10-21-18)14-4-2-12(19)3-5-14/h2-5,8,10-11,13H,6-7,9H2,1H3,(H,23,25). The molecule has 0 bridgehead atoms. The number of aromatic nitrogens is 4. The largest absolute Gasteiger partial charge is 0.351 e. The maximum atomic E-state index is 13.2. The van der Waals surface area contributed by atoms with Crippen LogP contribution in [0.1, 0.15) is 13.3 Å². The van der Waals surface area contributed by atoms with Crippen LogP contribution >= 0.6 is 11.8 Å². The van der Waals surface area contributed by atoms with Gasteiger partial charge in [-0.2, -0.15) is 5.10 Å². The molecule has 1 aliphatic heterocycles. The van der Waals surface area contributed by atoms with Gasteiger partial charge >= 0.3 is 0 Å². The van der Waals surface area contributed by atoms with Crippen molar-refractivity contribution in [3.8, 4) is 5.69 Å². The van der Waals surface area contributed by atoms with Crippen molar-refractivity contribution in [2.75, 3.05) is 11.5 Å². The number of hydrogen-bond donors (Lipinski definition) is 1. The Morgan fingerprint density at radius 3 is 2.76 bits per heavy atom. The Morgan fingerprint density at radius 1 is 1.31 bits per heavy atom. The van der Waals surface area contributed by atoms with Gasteiger partial charge in [0.2, 0.25) is 5.91 Å². The van der Waals surface area contributed by atoms with Gasteiger partial charge in [0.25, 0.3) is 0 Å². The number of fused-ring (bicyclic) bond motifs is 1. The summed E-state index contributed by atoms with van der Waals surface area (Å²) in [6.45, 7) is 1.74. The lowest BCUT2D eigenvalue weighted by Gasteiger charge is -2.15. The topological polar surface area (TPSA) is 107 Å². The van der Waals surface area contributed by atoms with Gasteiger partial charge in [-0.15, -0.1) is 0 Å². The summed E-state index contributed by atoms with van der Waals surface area (Å²) in [6, 6.07) is 5.54. The third kappa shape index (κ3) is 4.25. The van der Waals surface area contributed by atoms with Crippen LogP contribution in [0.2, 0.25) is 0 Å². The molecule has 2 unspecified atom stereocenters. The zero-order valence-electron chi connectivity index (χ0n) is 15.4. The highest BCUT2D eigenvalue weighted by Gasteiger charge is 2.30. The van der Waals surface area contributed by atoms with Crippen LogP contribution in [0, 0.1) is 5.82 Å². The normalized spacial score (nSPS) is 19.3. The third-order valence-electron chi connectivity index (χ3n) is 4.64. The zero-order chi connectivity index (χ0) is 20.6. The van der Waals surface area contributed by atoms with E-state index in [1.54, 1.807) is 29.9 Å². The van der Waals surface area contributed by atoms with E-state index in [2.05, 4.69) is 20.4 Å². The summed E-state index contributed by atoms with van der Waals surface area (Å²) in [5, 5.41) is 7.90. The van der Waals surface area contributed by atoms with Crippen LogP contribution in [0.5, 0.6) is 0 Å². The van der Waals surface area contributed by atoms with E-state index in [1.807, 2.05) is 0 Å². The van der Waals surface area contributed by atoms with Gasteiger partial charge in [-0.05, 0) is 37.6 Å². The second kappa shape index (κ2) is 7.71.